The predicted molar refractivity (Wildman–Crippen MR) is 90.5 cm³/mol. The second-order valence-electron chi connectivity index (χ2n) is 6.29. The molecule has 0 spiro atoms. The van der Waals surface area contributed by atoms with Crippen LogP contribution in [-0.4, -0.2) is 35.4 Å². The molecule has 2 aromatic rings. The summed E-state index contributed by atoms with van der Waals surface area (Å²) >= 11 is 0. The lowest BCUT2D eigenvalue weighted by Gasteiger charge is -2.32. The first-order chi connectivity index (χ1) is 12.5. The third-order valence-electron chi connectivity index (χ3n) is 4.28. The molecule has 1 aliphatic rings. The summed E-state index contributed by atoms with van der Waals surface area (Å²) in [6, 6.07) is 13.4. The van der Waals surface area contributed by atoms with Gasteiger partial charge in [0.05, 0.1) is 11.8 Å². The molecular weight excluding hydrogens is 345 g/mol. The highest BCUT2D eigenvalue weighted by atomic mass is 19.4. The summed E-state index contributed by atoms with van der Waals surface area (Å²) in [4.78, 5) is 6.34. The summed E-state index contributed by atoms with van der Waals surface area (Å²) in [6.45, 7) is 2.31. The van der Waals surface area contributed by atoms with Gasteiger partial charge in [-0.05, 0) is 42.7 Å². The van der Waals surface area contributed by atoms with E-state index in [-0.39, 0.29) is 0 Å². The number of aromatic nitrogens is 1. The van der Waals surface area contributed by atoms with Gasteiger partial charge in [0.15, 0.2) is 0 Å². The molecule has 1 saturated heterocycles. The van der Waals surface area contributed by atoms with Gasteiger partial charge in [-0.25, -0.2) is 0 Å². The molecule has 1 aromatic carbocycles. The quantitative estimate of drug-likeness (QED) is 0.769. The molecule has 1 aliphatic heterocycles. The number of halogens is 3. The third-order valence-corrected chi connectivity index (χ3v) is 4.28. The van der Waals surface area contributed by atoms with Crippen LogP contribution < -0.4 is 4.74 Å². The lowest BCUT2D eigenvalue weighted by molar-refractivity contribution is -0.345. The van der Waals surface area contributed by atoms with E-state index in [9.17, 15) is 13.2 Å². The number of alkyl halides is 3. The molecule has 7 heteroatoms. The van der Waals surface area contributed by atoms with E-state index in [1.807, 2.05) is 42.5 Å². The minimum Gasteiger partial charge on any atom is -0.487 e. The first-order valence-corrected chi connectivity index (χ1v) is 8.56. The molecule has 2 heterocycles. The number of likely N-dealkylation sites (tertiary alicyclic amines) is 1. The molecule has 3 rings (SSSR count). The van der Waals surface area contributed by atoms with E-state index in [1.165, 1.54) is 0 Å². The second kappa shape index (κ2) is 8.51. The van der Waals surface area contributed by atoms with E-state index < -0.39 is 12.5 Å². The lowest BCUT2D eigenvalue weighted by Crippen LogP contribution is -2.38. The summed E-state index contributed by atoms with van der Waals surface area (Å²) in [5.41, 5.74) is 1.96. The van der Waals surface area contributed by atoms with Crippen LogP contribution in [0.15, 0.2) is 48.7 Å². The van der Waals surface area contributed by atoms with Gasteiger partial charge >= 0.3 is 6.36 Å². The smallest absolute Gasteiger partial charge is 0.487 e. The number of pyridine rings is 1. The SMILES string of the molecule is FC(F)(F)OC1CCN(Cc2ccc(OCc3ccccn3)cc2)CC1. The van der Waals surface area contributed by atoms with Crippen molar-refractivity contribution in [2.75, 3.05) is 13.1 Å². The number of rotatable bonds is 6. The Labute approximate surface area is 150 Å². The molecule has 0 saturated carbocycles. The minimum atomic E-state index is -4.54. The average Bonchev–Trinajstić information content (AvgIpc) is 2.62. The van der Waals surface area contributed by atoms with E-state index >= 15 is 0 Å². The summed E-state index contributed by atoms with van der Waals surface area (Å²) in [5, 5.41) is 0. The molecule has 26 heavy (non-hydrogen) atoms. The molecule has 0 aliphatic carbocycles. The highest BCUT2D eigenvalue weighted by Crippen LogP contribution is 2.25. The summed E-state index contributed by atoms with van der Waals surface area (Å²) < 4.78 is 46.5. The fourth-order valence-corrected chi connectivity index (χ4v) is 2.96. The van der Waals surface area contributed by atoms with Gasteiger partial charge in [0.2, 0.25) is 0 Å². The van der Waals surface area contributed by atoms with Crippen LogP contribution in [0.3, 0.4) is 0 Å². The lowest BCUT2D eigenvalue weighted by atomic mass is 10.1. The van der Waals surface area contributed by atoms with Gasteiger partial charge < -0.3 is 4.74 Å². The van der Waals surface area contributed by atoms with Crippen molar-refractivity contribution in [3.05, 3.63) is 59.9 Å². The summed E-state index contributed by atoms with van der Waals surface area (Å²) in [5.74, 6) is 0.761. The molecule has 0 N–H and O–H groups in total. The van der Waals surface area contributed by atoms with Crippen LogP contribution in [0.25, 0.3) is 0 Å². The van der Waals surface area contributed by atoms with Gasteiger partial charge in [0.1, 0.15) is 12.4 Å². The van der Waals surface area contributed by atoms with Gasteiger partial charge in [0.25, 0.3) is 0 Å². The van der Waals surface area contributed by atoms with Crippen LogP contribution in [-0.2, 0) is 17.9 Å². The normalized spacial score (nSPS) is 16.6. The maximum Gasteiger partial charge on any atom is 0.522 e. The first-order valence-electron chi connectivity index (χ1n) is 8.56. The molecule has 0 amide bonds. The minimum absolute atomic E-state index is 0.394. The van der Waals surface area contributed by atoms with Crippen LogP contribution in [0.4, 0.5) is 13.2 Å². The van der Waals surface area contributed by atoms with Gasteiger partial charge in [-0.2, -0.15) is 0 Å². The zero-order valence-electron chi connectivity index (χ0n) is 14.3. The zero-order valence-corrected chi connectivity index (χ0v) is 14.3. The second-order valence-corrected chi connectivity index (χ2v) is 6.29. The highest BCUT2D eigenvalue weighted by molar-refractivity contribution is 5.27. The molecule has 140 valence electrons. The van der Waals surface area contributed by atoms with Crippen molar-refractivity contribution in [1.29, 1.82) is 0 Å². The third kappa shape index (κ3) is 6.00. The Morgan fingerprint density at radius 3 is 2.38 bits per heavy atom. The first kappa shape index (κ1) is 18.7. The fourth-order valence-electron chi connectivity index (χ4n) is 2.96. The maximum atomic E-state index is 12.2. The van der Waals surface area contributed by atoms with E-state index in [2.05, 4.69) is 14.6 Å². The number of hydrogen-bond donors (Lipinski definition) is 0. The van der Waals surface area contributed by atoms with Crippen LogP contribution >= 0.6 is 0 Å². The van der Waals surface area contributed by atoms with Crippen molar-refractivity contribution in [3.63, 3.8) is 0 Å². The topological polar surface area (TPSA) is 34.6 Å². The van der Waals surface area contributed by atoms with Crippen LogP contribution in [0, 0.1) is 0 Å². The predicted octanol–water partition coefficient (Wildman–Crippen LogP) is 4.16. The van der Waals surface area contributed by atoms with Crippen molar-refractivity contribution < 1.29 is 22.6 Å². The van der Waals surface area contributed by atoms with Crippen molar-refractivity contribution in [1.82, 2.24) is 9.88 Å². The van der Waals surface area contributed by atoms with Gasteiger partial charge in [-0.1, -0.05) is 18.2 Å². The number of piperidine rings is 1. The highest BCUT2D eigenvalue weighted by Gasteiger charge is 2.34. The molecule has 0 atom stereocenters. The van der Waals surface area contributed by atoms with Crippen molar-refractivity contribution in [2.24, 2.45) is 0 Å². The zero-order chi connectivity index (χ0) is 18.4. The van der Waals surface area contributed by atoms with Crippen molar-refractivity contribution in [3.8, 4) is 5.75 Å². The van der Waals surface area contributed by atoms with Gasteiger partial charge in [0, 0.05) is 25.8 Å². The molecule has 0 unspecified atom stereocenters. The fraction of sp³-hybridized carbons (Fsp3) is 0.421. The molecule has 1 fully saturated rings. The van der Waals surface area contributed by atoms with Crippen LogP contribution in [0.2, 0.25) is 0 Å². The van der Waals surface area contributed by atoms with Crippen molar-refractivity contribution in [2.45, 2.75) is 38.5 Å². The van der Waals surface area contributed by atoms with Crippen molar-refractivity contribution >= 4 is 0 Å². The number of hydrogen-bond acceptors (Lipinski definition) is 4. The van der Waals surface area contributed by atoms with Crippen LogP contribution in [0.5, 0.6) is 5.75 Å². The molecule has 0 radical (unpaired) electrons. The largest absolute Gasteiger partial charge is 0.522 e. The van der Waals surface area contributed by atoms with E-state index in [0.29, 0.717) is 39.1 Å². The molecular formula is C19H21F3N2O2. The van der Waals surface area contributed by atoms with E-state index in [0.717, 1.165) is 17.0 Å². The molecule has 1 aromatic heterocycles. The number of nitrogens with zero attached hydrogens (tertiary/aromatic N) is 2. The maximum absolute atomic E-state index is 12.2. The Morgan fingerprint density at radius 2 is 1.77 bits per heavy atom. The van der Waals surface area contributed by atoms with Gasteiger partial charge in [-0.3, -0.25) is 14.6 Å². The van der Waals surface area contributed by atoms with Crippen LogP contribution in [0.1, 0.15) is 24.1 Å². The Bertz CT molecular complexity index is 669. The number of benzene rings is 1. The van der Waals surface area contributed by atoms with E-state index in [4.69, 9.17) is 4.74 Å². The summed E-state index contributed by atoms with van der Waals surface area (Å²) in [7, 11) is 0. The van der Waals surface area contributed by atoms with E-state index in [1.54, 1.807) is 6.20 Å². The Hall–Kier alpha value is -2.12. The average molecular weight is 366 g/mol. The van der Waals surface area contributed by atoms with Gasteiger partial charge in [-0.15, -0.1) is 13.2 Å². The Balaban J connectivity index is 1.43. The summed E-state index contributed by atoms with van der Waals surface area (Å²) in [6.07, 6.45) is -2.76. The standard InChI is InChI=1S/C19H21F3N2O2/c20-19(21,22)26-18-8-11-24(12-9-18)13-15-4-6-17(7-5-15)25-14-16-3-1-2-10-23-16/h1-7,10,18H,8-9,11-14H2. The Morgan fingerprint density at radius 1 is 1.04 bits per heavy atom. The monoisotopic (exact) mass is 366 g/mol. The number of ether oxygens (including phenoxy) is 2. The molecule has 4 nitrogen and oxygen atoms in total. The Kier molecular flexibility index (Phi) is 6.11. The molecule has 0 bridgehead atoms.